The Morgan fingerprint density at radius 2 is 2.11 bits per heavy atom. The molecular formula is C16H26N2O. The van der Waals surface area contributed by atoms with Gasteiger partial charge in [-0.25, -0.2) is 0 Å². The first-order chi connectivity index (χ1) is 8.97. The van der Waals surface area contributed by atoms with Crippen LogP contribution in [0.4, 0.5) is 0 Å². The Hall–Kier alpha value is -0.900. The van der Waals surface area contributed by atoms with E-state index in [9.17, 15) is 0 Å². The summed E-state index contributed by atoms with van der Waals surface area (Å²) < 4.78 is 5.62. The van der Waals surface area contributed by atoms with Crippen LogP contribution in [-0.2, 0) is 4.74 Å². The van der Waals surface area contributed by atoms with Crippen LogP contribution in [0.25, 0.3) is 0 Å². The van der Waals surface area contributed by atoms with Gasteiger partial charge in [-0.1, -0.05) is 18.2 Å². The summed E-state index contributed by atoms with van der Waals surface area (Å²) in [5, 5.41) is 0. The summed E-state index contributed by atoms with van der Waals surface area (Å²) in [6, 6.07) is 6.79. The zero-order chi connectivity index (χ0) is 14.0. The molecule has 3 nitrogen and oxygen atoms in total. The summed E-state index contributed by atoms with van der Waals surface area (Å²) in [5.74, 6) is 0. The van der Waals surface area contributed by atoms with E-state index in [2.05, 4.69) is 50.8 Å². The first kappa shape index (κ1) is 14.5. The van der Waals surface area contributed by atoms with E-state index >= 15 is 0 Å². The van der Waals surface area contributed by atoms with Gasteiger partial charge in [-0.15, -0.1) is 0 Å². The lowest BCUT2D eigenvalue weighted by atomic mass is 9.92. The molecule has 1 aliphatic rings. The van der Waals surface area contributed by atoms with Crippen LogP contribution in [0.15, 0.2) is 18.2 Å². The molecule has 1 aliphatic heterocycles. The number of hydrogen-bond donors (Lipinski definition) is 1. The standard InChI is InChI=1S/C16H26N2O/c1-12-6-5-7-14(13(12)2)15(10-17)18-8-9-19-11-16(18,3)4/h5-7,15H,8-11,17H2,1-4H3. The fourth-order valence-corrected chi connectivity index (χ4v) is 3.00. The van der Waals surface area contributed by atoms with Gasteiger partial charge in [0, 0.05) is 24.7 Å². The zero-order valence-electron chi connectivity index (χ0n) is 12.6. The number of aryl methyl sites for hydroxylation is 1. The Labute approximate surface area is 116 Å². The van der Waals surface area contributed by atoms with E-state index in [4.69, 9.17) is 10.5 Å². The van der Waals surface area contributed by atoms with Crippen molar-refractivity contribution in [2.75, 3.05) is 26.3 Å². The predicted octanol–water partition coefficient (Wildman–Crippen LogP) is 2.41. The zero-order valence-corrected chi connectivity index (χ0v) is 12.6. The van der Waals surface area contributed by atoms with Crippen molar-refractivity contribution in [1.29, 1.82) is 0 Å². The molecule has 1 fully saturated rings. The quantitative estimate of drug-likeness (QED) is 0.909. The molecule has 1 aromatic rings. The molecule has 1 aromatic carbocycles. The summed E-state index contributed by atoms with van der Waals surface area (Å²) in [5.41, 5.74) is 10.2. The minimum absolute atomic E-state index is 0.0402. The van der Waals surface area contributed by atoms with Crippen molar-refractivity contribution in [3.05, 3.63) is 34.9 Å². The summed E-state index contributed by atoms with van der Waals surface area (Å²) in [4.78, 5) is 2.50. The summed E-state index contributed by atoms with van der Waals surface area (Å²) in [6.45, 7) is 12.0. The van der Waals surface area contributed by atoms with Crippen LogP contribution < -0.4 is 5.73 Å². The van der Waals surface area contributed by atoms with E-state index in [1.165, 1.54) is 16.7 Å². The van der Waals surface area contributed by atoms with E-state index in [1.54, 1.807) is 0 Å². The predicted molar refractivity (Wildman–Crippen MR) is 79.3 cm³/mol. The molecular weight excluding hydrogens is 236 g/mol. The summed E-state index contributed by atoms with van der Waals surface area (Å²) in [6.07, 6.45) is 0. The number of hydrogen-bond acceptors (Lipinski definition) is 3. The molecule has 106 valence electrons. The topological polar surface area (TPSA) is 38.5 Å². The molecule has 0 spiro atoms. The van der Waals surface area contributed by atoms with E-state index < -0.39 is 0 Å². The minimum Gasteiger partial charge on any atom is -0.378 e. The Kier molecular flexibility index (Phi) is 4.29. The highest BCUT2D eigenvalue weighted by Crippen LogP contribution is 2.32. The number of nitrogens with zero attached hydrogens (tertiary/aromatic N) is 1. The first-order valence-corrected chi connectivity index (χ1v) is 7.08. The van der Waals surface area contributed by atoms with Crippen LogP contribution >= 0.6 is 0 Å². The van der Waals surface area contributed by atoms with E-state index in [-0.39, 0.29) is 11.6 Å². The van der Waals surface area contributed by atoms with Crippen molar-refractivity contribution >= 4 is 0 Å². The van der Waals surface area contributed by atoms with Crippen molar-refractivity contribution in [2.45, 2.75) is 39.3 Å². The van der Waals surface area contributed by atoms with E-state index in [0.29, 0.717) is 6.54 Å². The van der Waals surface area contributed by atoms with Gasteiger partial charge in [-0.3, -0.25) is 4.90 Å². The lowest BCUT2D eigenvalue weighted by Crippen LogP contribution is -2.55. The van der Waals surface area contributed by atoms with Gasteiger partial charge in [0.1, 0.15) is 0 Å². The van der Waals surface area contributed by atoms with Crippen LogP contribution in [-0.4, -0.2) is 36.7 Å². The maximum absolute atomic E-state index is 6.09. The number of ether oxygens (including phenoxy) is 1. The maximum atomic E-state index is 6.09. The average molecular weight is 262 g/mol. The number of rotatable bonds is 3. The van der Waals surface area contributed by atoms with Gasteiger partial charge in [0.05, 0.1) is 13.2 Å². The lowest BCUT2D eigenvalue weighted by molar-refractivity contribution is -0.0713. The van der Waals surface area contributed by atoms with Crippen molar-refractivity contribution in [3.8, 4) is 0 Å². The SMILES string of the molecule is Cc1cccc(C(CN)N2CCOCC2(C)C)c1C. The van der Waals surface area contributed by atoms with Gasteiger partial charge in [0.2, 0.25) is 0 Å². The van der Waals surface area contributed by atoms with Crippen LogP contribution in [0.3, 0.4) is 0 Å². The van der Waals surface area contributed by atoms with Gasteiger partial charge < -0.3 is 10.5 Å². The Morgan fingerprint density at radius 1 is 1.37 bits per heavy atom. The molecule has 2 N–H and O–H groups in total. The molecule has 19 heavy (non-hydrogen) atoms. The molecule has 0 radical (unpaired) electrons. The molecule has 0 aromatic heterocycles. The number of nitrogens with two attached hydrogens (primary N) is 1. The number of benzene rings is 1. The van der Waals surface area contributed by atoms with Crippen molar-refractivity contribution in [1.82, 2.24) is 4.90 Å². The van der Waals surface area contributed by atoms with Crippen LogP contribution in [0.2, 0.25) is 0 Å². The second-order valence-corrected chi connectivity index (χ2v) is 6.10. The van der Waals surface area contributed by atoms with E-state index in [1.807, 2.05) is 0 Å². The molecule has 0 amide bonds. The highest BCUT2D eigenvalue weighted by molar-refractivity contribution is 5.36. The molecule has 0 bridgehead atoms. The maximum Gasteiger partial charge on any atom is 0.0645 e. The minimum atomic E-state index is 0.0402. The fourth-order valence-electron chi connectivity index (χ4n) is 3.00. The Bertz CT molecular complexity index is 442. The summed E-state index contributed by atoms with van der Waals surface area (Å²) in [7, 11) is 0. The third kappa shape index (κ3) is 2.83. The normalized spacial score (nSPS) is 21.3. The van der Waals surface area contributed by atoms with Crippen LogP contribution in [0.5, 0.6) is 0 Å². The molecule has 0 saturated carbocycles. The fraction of sp³-hybridized carbons (Fsp3) is 0.625. The third-order valence-corrected chi connectivity index (χ3v) is 4.31. The molecule has 0 aliphatic carbocycles. The molecule has 1 atom stereocenters. The number of morpholine rings is 1. The second kappa shape index (κ2) is 5.61. The summed E-state index contributed by atoms with van der Waals surface area (Å²) >= 11 is 0. The lowest BCUT2D eigenvalue weighted by Gasteiger charge is -2.47. The average Bonchev–Trinajstić information content (AvgIpc) is 2.37. The van der Waals surface area contributed by atoms with Gasteiger partial charge >= 0.3 is 0 Å². The Balaban J connectivity index is 2.36. The Morgan fingerprint density at radius 3 is 2.74 bits per heavy atom. The van der Waals surface area contributed by atoms with Crippen molar-refractivity contribution in [2.24, 2.45) is 5.73 Å². The third-order valence-electron chi connectivity index (χ3n) is 4.31. The largest absolute Gasteiger partial charge is 0.378 e. The van der Waals surface area contributed by atoms with Gasteiger partial charge in [0.15, 0.2) is 0 Å². The van der Waals surface area contributed by atoms with E-state index in [0.717, 1.165) is 19.8 Å². The molecule has 3 heteroatoms. The molecule has 1 heterocycles. The molecule has 1 saturated heterocycles. The first-order valence-electron chi connectivity index (χ1n) is 7.08. The van der Waals surface area contributed by atoms with Gasteiger partial charge in [0.25, 0.3) is 0 Å². The van der Waals surface area contributed by atoms with Crippen molar-refractivity contribution < 1.29 is 4.74 Å². The molecule has 2 rings (SSSR count). The van der Waals surface area contributed by atoms with Crippen molar-refractivity contribution in [3.63, 3.8) is 0 Å². The van der Waals surface area contributed by atoms with Gasteiger partial charge in [-0.2, -0.15) is 0 Å². The van der Waals surface area contributed by atoms with Crippen LogP contribution in [0, 0.1) is 13.8 Å². The highest BCUT2D eigenvalue weighted by atomic mass is 16.5. The second-order valence-electron chi connectivity index (χ2n) is 6.10. The monoisotopic (exact) mass is 262 g/mol. The molecule has 1 unspecified atom stereocenters. The van der Waals surface area contributed by atoms with Gasteiger partial charge in [-0.05, 0) is 44.4 Å². The smallest absolute Gasteiger partial charge is 0.0645 e. The van der Waals surface area contributed by atoms with Crippen LogP contribution in [0.1, 0.15) is 36.6 Å². The highest BCUT2D eigenvalue weighted by Gasteiger charge is 2.36.